The van der Waals surface area contributed by atoms with E-state index < -0.39 is 5.91 Å². The van der Waals surface area contributed by atoms with E-state index >= 15 is 0 Å². The molecule has 1 aromatic carbocycles. The number of aryl methyl sites for hydroxylation is 1. The number of nitrogens with zero attached hydrogens (tertiary/aromatic N) is 5. The van der Waals surface area contributed by atoms with E-state index in [9.17, 15) is 14.4 Å². The van der Waals surface area contributed by atoms with Gasteiger partial charge in [0.1, 0.15) is 17.2 Å². The first-order valence-corrected chi connectivity index (χ1v) is 12.9. The number of carbonyl (C=O) groups is 1. The van der Waals surface area contributed by atoms with Crippen molar-refractivity contribution in [2.45, 2.75) is 13.8 Å². The average Bonchev–Trinajstić information content (AvgIpc) is 3.30. The van der Waals surface area contributed by atoms with Crippen molar-refractivity contribution >= 4 is 57.4 Å². The Labute approximate surface area is 227 Å². The van der Waals surface area contributed by atoms with Crippen molar-refractivity contribution in [2.75, 3.05) is 16.8 Å². The highest BCUT2D eigenvalue weighted by Crippen LogP contribution is 2.36. The molecule has 0 radical (unpaired) electrons. The molecule has 1 saturated heterocycles. The van der Waals surface area contributed by atoms with Crippen LogP contribution in [0.4, 0.5) is 11.5 Å². The lowest BCUT2D eigenvalue weighted by atomic mass is 10.2. The van der Waals surface area contributed by atoms with Crippen molar-refractivity contribution in [3.63, 3.8) is 0 Å². The first kappa shape index (κ1) is 25.4. The third-order valence-electron chi connectivity index (χ3n) is 6.24. The Hall–Kier alpha value is -4.22. The van der Waals surface area contributed by atoms with Gasteiger partial charge in [0, 0.05) is 19.8 Å². The van der Waals surface area contributed by atoms with E-state index in [-0.39, 0.29) is 31.6 Å². The minimum Gasteiger partial charge on any atom is -0.366 e. The van der Waals surface area contributed by atoms with Crippen LogP contribution >= 0.6 is 24.0 Å². The van der Waals surface area contributed by atoms with Crippen molar-refractivity contribution in [1.29, 1.82) is 0 Å². The van der Waals surface area contributed by atoms with Gasteiger partial charge in [-0.25, -0.2) is 9.67 Å². The smallest absolute Gasteiger partial charge is 0.296 e. The second-order valence-corrected chi connectivity index (χ2v) is 10.4. The minimum absolute atomic E-state index is 0.177. The number of amides is 1. The molecule has 0 saturated carbocycles. The molecule has 0 aliphatic carbocycles. The summed E-state index contributed by atoms with van der Waals surface area (Å²) in [5.74, 6) is -0.152. The molecule has 1 N–H and O–H groups in total. The number of hydrogen-bond donors (Lipinski definition) is 1. The first-order chi connectivity index (χ1) is 18.2. The van der Waals surface area contributed by atoms with E-state index in [2.05, 4.69) is 16.9 Å². The summed E-state index contributed by atoms with van der Waals surface area (Å²) in [5, 5.41) is 3.09. The molecule has 5 rings (SSSR count). The fourth-order valence-electron chi connectivity index (χ4n) is 4.30. The molecule has 1 fully saturated rings. The molecule has 1 aliphatic heterocycles. The summed E-state index contributed by atoms with van der Waals surface area (Å²) in [7, 11) is 1.75. The van der Waals surface area contributed by atoms with Crippen LogP contribution in [0.1, 0.15) is 16.8 Å². The highest BCUT2D eigenvalue weighted by atomic mass is 32.2. The number of para-hydroxylation sites is 1. The molecule has 11 heteroatoms. The van der Waals surface area contributed by atoms with Gasteiger partial charge in [-0.05, 0) is 43.7 Å². The van der Waals surface area contributed by atoms with Crippen molar-refractivity contribution < 1.29 is 4.79 Å². The fourth-order valence-corrected chi connectivity index (χ4v) is 5.55. The number of fused-ring (bicyclic) bond motifs is 1. The van der Waals surface area contributed by atoms with Crippen molar-refractivity contribution in [1.82, 2.24) is 18.7 Å². The van der Waals surface area contributed by atoms with Gasteiger partial charge in [-0.2, -0.15) is 0 Å². The molecular formula is C27H24N6O3S2. The van der Waals surface area contributed by atoms with Crippen LogP contribution < -0.4 is 21.3 Å². The second-order valence-electron chi connectivity index (χ2n) is 8.71. The number of rotatable bonds is 6. The Morgan fingerprint density at radius 2 is 1.82 bits per heavy atom. The summed E-state index contributed by atoms with van der Waals surface area (Å²) >= 11 is 6.59. The van der Waals surface area contributed by atoms with E-state index in [1.54, 1.807) is 37.0 Å². The zero-order valence-corrected chi connectivity index (χ0v) is 22.6. The van der Waals surface area contributed by atoms with Crippen molar-refractivity contribution in [2.24, 2.45) is 7.05 Å². The number of aromatic nitrogens is 4. The summed E-state index contributed by atoms with van der Waals surface area (Å²) in [6.45, 7) is 7.73. The lowest BCUT2D eigenvalue weighted by Gasteiger charge is -2.12. The van der Waals surface area contributed by atoms with Gasteiger partial charge in [0.15, 0.2) is 4.32 Å². The zero-order valence-electron chi connectivity index (χ0n) is 21.0. The predicted molar refractivity (Wildman–Crippen MR) is 156 cm³/mol. The van der Waals surface area contributed by atoms with E-state index in [1.165, 1.54) is 20.1 Å². The van der Waals surface area contributed by atoms with Gasteiger partial charge in [0.25, 0.3) is 17.0 Å². The Morgan fingerprint density at radius 3 is 2.53 bits per heavy atom. The normalized spacial score (nSPS) is 14.6. The summed E-state index contributed by atoms with van der Waals surface area (Å²) in [6, 6.07) is 12.8. The lowest BCUT2D eigenvalue weighted by molar-refractivity contribution is -0.113. The Balaban J connectivity index is 1.63. The SMILES string of the molecule is C=CCNc1nc2ccc(C)cn2c(=O)c1C=C1SC(=S)N(c2c(C)n(C)n(-c3ccccc3)c2=O)C1=O. The van der Waals surface area contributed by atoms with Crippen LogP contribution in [-0.2, 0) is 11.8 Å². The molecular weight excluding hydrogens is 520 g/mol. The quantitative estimate of drug-likeness (QED) is 0.224. The van der Waals surface area contributed by atoms with E-state index in [1.807, 2.05) is 43.3 Å². The van der Waals surface area contributed by atoms with Crippen molar-refractivity contribution in [3.05, 3.63) is 104 Å². The van der Waals surface area contributed by atoms with E-state index in [4.69, 9.17) is 12.2 Å². The molecule has 9 nitrogen and oxygen atoms in total. The van der Waals surface area contributed by atoms with Crippen LogP contribution in [0.2, 0.25) is 0 Å². The first-order valence-electron chi connectivity index (χ1n) is 11.7. The van der Waals surface area contributed by atoms with Crippen LogP contribution in [0, 0.1) is 13.8 Å². The Kier molecular flexibility index (Phi) is 6.64. The molecule has 1 aliphatic rings. The molecule has 0 atom stereocenters. The number of anilines is 2. The molecule has 1 amide bonds. The van der Waals surface area contributed by atoms with E-state index in [0.717, 1.165) is 17.3 Å². The molecule has 4 aromatic rings. The average molecular weight is 545 g/mol. The molecule has 192 valence electrons. The standard InChI is InChI=1S/C27H24N6O3S2/c1-5-13-28-23-19(24(34)31-15-16(2)11-12-21(31)29-23)14-20-25(35)32(27(37)38-20)22-17(3)30(4)33(26(22)36)18-9-7-6-8-10-18/h5-12,14-15,28H,1,13H2,2-4H3. The maximum Gasteiger partial charge on any atom is 0.296 e. The van der Waals surface area contributed by atoms with Gasteiger partial charge in [-0.1, -0.05) is 54.3 Å². The van der Waals surface area contributed by atoms with Crippen LogP contribution in [-0.4, -0.2) is 35.5 Å². The number of hydrogen-bond acceptors (Lipinski definition) is 7. The van der Waals surface area contributed by atoms with Crippen molar-refractivity contribution in [3.8, 4) is 5.69 Å². The third kappa shape index (κ3) is 4.19. The zero-order chi connectivity index (χ0) is 27.1. The number of thiocarbonyl (C=S) groups is 1. The maximum atomic E-state index is 13.7. The molecule has 38 heavy (non-hydrogen) atoms. The highest BCUT2D eigenvalue weighted by Gasteiger charge is 2.38. The van der Waals surface area contributed by atoms with Gasteiger partial charge in [-0.15, -0.1) is 6.58 Å². The van der Waals surface area contributed by atoms with Crippen LogP contribution in [0.3, 0.4) is 0 Å². The number of nitrogens with one attached hydrogen (secondary N) is 1. The second kappa shape index (κ2) is 9.92. The lowest BCUT2D eigenvalue weighted by Crippen LogP contribution is -2.33. The molecule has 3 aromatic heterocycles. The number of benzene rings is 1. The summed E-state index contributed by atoms with van der Waals surface area (Å²) in [4.78, 5) is 46.7. The van der Waals surface area contributed by atoms with Crippen LogP contribution in [0.5, 0.6) is 0 Å². The van der Waals surface area contributed by atoms with Gasteiger partial charge in [0.2, 0.25) is 0 Å². The maximum absolute atomic E-state index is 13.7. The van der Waals surface area contributed by atoms with Gasteiger partial charge >= 0.3 is 0 Å². The topological polar surface area (TPSA) is 93.6 Å². The number of pyridine rings is 1. The molecule has 0 unspecified atom stereocenters. The number of carbonyl (C=O) groups excluding carboxylic acids is 1. The van der Waals surface area contributed by atoms with E-state index in [0.29, 0.717) is 29.4 Å². The minimum atomic E-state index is -0.477. The molecule has 0 bridgehead atoms. The van der Waals surface area contributed by atoms with Gasteiger partial charge < -0.3 is 5.32 Å². The summed E-state index contributed by atoms with van der Waals surface area (Å²) in [6.07, 6.45) is 4.84. The van der Waals surface area contributed by atoms with Gasteiger partial charge in [0.05, 0.1) is 21.8 Å². The summed E-state index contributed by atoms with van der Waals surface area (Å²) in [5.41, 5.74) is 2.28. The molecule has 4 heterocycles. The monoisotopic (exact) mass is 544 g/mol. The Morgan fingerprint density at radius 1 is 1.08 bits per heavy atom. The highest BCUT2D eigenvalue weighted by molar-refractivity contribution is 8.27. The third-order valence-corrected chi connectivity index (χ3v) is 7.54. The van der Waals surface area contributed by atoms with Crippen LogP contribution in [0.25, 0.3) is 17.4 Å². The summed E-state index contributed by atoms with van der Waals surface area (Å²) < 4.78 is 4.83. The molecule has 0 spiro atoms. The predicted octanol–water partition coefficient (Wildman–Crippen LogP) is 3.80. The largest absolute Gasteiger partial charge is 0.366 e. The Bertz CT molecular complexity index is 1780. The van der Waals surface area contributed by atoms with Crippen LogP contribution in [0.15, 0.2) is 75.8 Å². The number of thioether (sulfide) groups is 1. The van der Waals surface area contributed by atoms with Gasteiger partial charge in [-0.3, -0.25) is 28.4 Å². The fraction of sp³-hybridized carbons (Fsp3) is 0.148.